The van der Waals surface area contributed by atoms with E-state index in [4.69, 9.17) is 0 Å². The number of hydrogen-bond donors (Lipinski definition) is 0. The third-order valence-corrected chi connectivity index (χ3v) is 4.82. The Kier molecular flexibility index (Phi) is 3.30. The van der Waals surface area contributed by atoms with Crippen molar-refractivity contribution in [1.29, 1.82) is 0 Å². The Balaban J connectivity index is 2.61. The van der Waals surface area contributed by atoms with Crippen LogP contribution >= 0.6 is 0 Å². The molecular weight excluding hydrogens is 284 g/mol. The lowest BCUT2D eigenvalue weighted by Gasteiger charge is -2.10. The minimum absolute atomic E-state index is 0.0559. The molecule has 0 radical (unpaired) electrons. The molecular formula is C11H12N4O4S. The molecule has 0 aliphatic carbocycles. The van der Waals surface area contributed by atoms with Gasteiger partial charge >= 0.3 is 5.95 Å². The highest BCUT2D eigenvalue weighted by Gasteiger charge is 2.27. The van der Waals surface area contributed by atoms with Crippen molar-refractivity contribution in [2.45, 2.75) is 25.7 Å². The van der Waals surface area contributed by atoms with Gasteiger partial charge in [0.05, 0.1) is 4.90 Å². The van der Waals surface area contributed by atoms with Gasteiger partial charge in [0.2, 0.25) is 6.33 Å². The molecule has 0 saturated carbocycles. The van der Waals surface area contributed by atoms with Crippen molar-refractivity contribution < 1.29 is 13.3 Å². The quantitative estimate of drug-likeness (QED) is 0.624. The lowest BCUT2D eigenvalue weighted by Crippen LogP contribution is -2.15. The average molecular weight is 296 g/mol. The minimum Gasteiger partial charge on any atom is -0.390 e. The molecule has 0 N–H and O–H groups in total. The maximum absolute atomic E-state index is 12.4. The van der Waals surface area contributed by atoms with Crippen LogP contribution in [0.15, 0.2) is 23.4 Å². The summed E-state index contributed by atoms with van der Waals surface area (Å²) in [5.41, 5.74) is 2.40. The van der Waals surface area contributed by atoms with Gasteiger partial charge in [0, 0.05) is 5.10 Å². The highest BCUT2D eigenvalue weighted by Crippen LogP contribution is 2.23. The van der Waals surface area contributed by atoms with Crippen molar-refractivity contribution in [2.24, 2.45) is 0 Å². The first-order valence-electron chi connectivity index (χ1n) is 5.63. The summed E-state index contributed by atoms with van der Waals surface area (Å²) in [5, 5.41) is 13.9. The maximum atomic E-state index is 12.4. The van der Waals surface area contributed by atoms with E-state index in [1.165, 1.54) is 6.07 Å². The number of benzene rings is 1. The summed E-state index contributed by atoms with van der Waals surface area (Å²) in [6.45, 7) is 5.37. The van der Waals surface area contributed by atoms with Gasteiger partial charge in [-0.2, -0.15) is 8.42 Å². The topological polar surface area (TPSA) is 108 Å². The van der Waals surface area contributed by atoms with Gasteiger partial charge in [-0.1, -0.05) is 10.2 Å². The molecule has 0 saturated heterocycles. The van der Waals surface area contributed by atoms with Crippen LogP contribution in [0.2, 0.25) is 0 Å². The molecule has 2 rings (SSSR count). The zero-order valence-corrected chi connectivity index (χ0v) is 11.9. The smallest absolute Gasteiger partial charge is 0.390 e. The van der Waals surface area contributed by atoms with Gasteiger partial charge in [0.25, 0.3) is 10.0 Å². The molecule has 0 bridgehead atoms. The molecule has 0 aliphatic rings. The monoisotopic (exact) mass is 296 g/mol. The molecule has 1 aromatic heterocycles. The summed E-state index contributed by atoms with van der Waals surface area (Å²) in [6, 6.07) is 3.14. The van der Waals surface area contributed by atoms with Gasteiger partial charge in [0.15, 0.2) is 0 Å². The minimum atomic E-state index is -3.98. The van der Waals surface area contributed by atoms with Crippen LogP contribution in [0, 0.1) is 30.9 Å². The first-order valence-corrected chi connectivity index (χ1v) is 7.07. The van der Waals surface area contributed by atoms with Crippen LogP contribution in [-0.2, 0) is 10.0 Å². The zero-order valence-electron chi connectivity index (χ0n) is 11.1. The fourth-order valence-corrected chi connectivity index (χ4v) is 3.09. The first-order chi connectivity index (χ1) is 9.25. The van der Waals surface area contributed by atoms with Crippen molar-refractivity contribution >= 4 is 16.0 Å². The molecule has 20 heavy (non-hydrogen) atoms. The Hall–Kier alpha value is -2.29. The molecule has 0 aliphatic heterocycles. The molecule has 8 nitrogen and oxygen atoms in total. The van der Waals surface area contributed by atoms with Crippen molar-refractivity contribution in [3.63, 3.8) is 0 Å². The van der Waals surface area contributed by atoms with Crippen LogP contribution < -0.4 is 0 Å². The largest absolute Gasteiger partial charge is 0.492 e. The van der Waals surface area contributed by atoms with E-state index < -0.39 is 20.9 Å². The predicted octanol–water partition coefficient (Wildman–Crippen LogP) is 1.35. The second kappa shape index (κ2) is 4.67. The SMILES string of the molecule is Cc1ccc(S(=O)(=O)n2cnc([N+](=O)[O-])n2)c(C)c1C. The Bertz CT molecular complexity index is 795. The van der Waals surface area contributed by atoms with Crippen LogP contribution in [0.1, 0.15) is 16.7 Å². The summed E-state index contributed by atoms with van der Waals surface area (Å²) >= 11 is 0. The van der Waals surface area contributed by atoms with Gasteiger partial charge in [-0.05, 0) is 53.4 Å². The summed E-state index contributed by atoms with van der Waals surface area (Å²) in [7, 11) is -3.98. The number of rotatable bonds is 3. The van der Waals surface area contributed by atoms with Gasteiger partial charge in [0.1, 0.15) is 0 Å². The van der Waals surface area contributed by atoms with E-state index >= 15 is 0 Å². The summed E-state index contributed by atoms with van der Waals surface area (Å²) in [5.74, 6) is -0.755. The fraction of sp³-hybridized carbons (Fsp3) is 0.273. The number of nitrogens with zero attached hydrogens (tertiary/aromatic N) is 4. The van der Waals surface area contributed by atoms with E-state index in [0.717, 1.165) is 17.5 Å². The van der Waals surface area contributed by atoms with E-state index in [-0.39, 0.29) is 4.90 Å². The molecule has 0 atom stereocenters. The van der Waals surface area contributed by atoms with Gasteiger partial charge in [-0.25, -0.2) is 0 Å². The number of aromatic nitrogens is 3. The lowest BCUT2D eigenvalue weighted by molar-refractivity contribution is -0.394. The second-order valence-electron chi connectivity index (χ2n) is 4.31. The van der Waals surface area contributed by atoms with Crippen molar-refractivity contribution in [1.82, 2.24) is 14.2 Å². The first kappa shape index (κ1) is 14.1. The number of nitro groups is 1. The van der Waals surface area contributed by atoms with Gasteiger partial charge in [-0.15, -0.1) is 0 Å². The van der Waals surface area contributed by atoms with E-state index in [0.29, 0.717) is 9.65 Å². The van der Waals surface area contributed by atoms with Gasteiger partial charge < -0.3 is 10.1 Å². The van der Waals surface area contributed by atoms with Crippen LogP contribution in [0.25, 0.3) is 0 Å². The van der Waals surface area contributed by atoms with Crippen LogP contribution in [0.5, 0.6) is 0 Å². The zero-order chi connectivity index (χ0) is 15.1. The Labute approximate surface area is 115 Å². The van der Waals surface area contributed by atoms with Gasteiger partial charge in [-0.3, -0.25) is 0 Å². The molecule has 9 heteroatoms. The molecule has 106 valence electrons. The summed E-state index contributed by atoms with van der Waals surface area (Å²) in [4.78, 5) is 13.1. The normalized spacial score (nSPS) is 11.6. The molecule has 0 fully saturated rings. The van der Waals surface area contributed by atoms with Crippen molar-refractivity contribution in [2.75, 3.05) is 0 Å². The van der Waals surface area contributed by atoms with E-state index in [9.17, 15) is 18.5 Å². The van der Waals surface area contributed by atoms with Crippen molar-refractivity contribution in [3.8, 4) is 0 Å². The number of hydrogen-bond acceptors (Lipinski definition) is 6. The van der Waals surface area contributed by atoms with Crippen LogP contribution in [0.4, 0.5) is 5.95 Å². The molecule has 1 heterocycles. The Morgan fingerprint density at radius 1 is 1.20 bits per heavy atom. The standard InChI is InChI=1S/C11H12N4O4S/c1-7-4-5-10(9(3)8(7)2)20(18,19)14-6-12-11(13-14)15(16)17/h4-6H,1-3H3. The third kappa shape index (κ3) is 2.16. The summed E-state index contributed by atoms with van der Waals surface area (Å²) < 4.78 is 25.3. The summed E-state index contributed by atoms with van der Waals surface area (Å²) in [6.07, 6.45) is 0.822. The second-order valence-corrected chi connectivity index (χ2v) is 6.07. The molecule has 2 aromatic rings. The molecule has 0 unspecified atom stereocenters. The molecule has 0 spiro atoms. The fourth-order valence-electron chi connectivity index (χ4n) is 1.75. The third-order valence-electron chi connectivity index (χ3n) is 3.16. The van der Waals surface area contributed by atoms with E-state index in [1.54, 1.807) is 13.0 Å². The predicted molar refractivity (Wildman–Crippen MR) is 69.9 cm³/mol. The van der Waals surface area contributed by atoms with Crippen LogP contribution in [0.3, 0.4) is 0 Å². The Morgan fingerprint density at radius 2 is 1.85 bits per heavy atom. The Morgan fingerprint density at radius 3 is 2.40 bits per heavy atom. The van der Waals surface area contributed by atoms with Crippen molar-refractivity contribution in [3.05, 3.63) is 45.3 Å². The maximum Gasteiger partial charge on any atom is 0.492 e. The van der Waals surface area contributed by atoms with E-state index in [1.807, 2.05) is 13.8 Å². The van der Waals surface area contributed by atoms with E-state index in [2.05, 4.69) is 10.1 Å². The molecule has 0 amide bonds. The lowest BCUT2D eigenvalue weighted by atomic mass is 10.1. The average Bonchev–Trinajstić information content (AvgIpc) is 2.86. The highest BCUT2D eigenvalue weighted by molar-refractivity contribution is 7.89. The van der Waals surface area contributed by atoms with Crippen LogP contribution in [-0.4, -0.2) is 27.5 Å². The highest BCUT2D eigenvalue weighted by atomic mass is 32.2. The molecule has 1 aromatic carbocycles. The number of aryl methyl sites for hydroxylation is 1.